The summed E-state index contributed by atoms with van der Waals surface area (Å²) >= 11 is 1.24. The molecule has 0 saturated carbocycles. The van der Waals surface area contributed by atoms with Gasteiger partial charge in [-0.1, -0.05) is 431 Å². The number of hydrogen-bond acceptors (Lipinski definition) is 4. The molecule has 0 N–H and O–H groups in total. The maximum atomic E-state index is 5.13. The number of rotatable bonds is 23. The topological polar surface area (TPSA) is 34.0 Å². The average molecular weight is 1620 g/mol. The molecule has 0 spiro atoms. The number of anilines is 2. The fourth-order valence-corrected chi connectivity index (χ4v) is 28.6. The molecule has 0 radical (unpaired) electrons. The molecule has 2 aromatic heterocycles. The molecular weight excluding hydrogens is 1540 g/mol. The van der Waals surface area contributed by atoms with Gasteiger partial charge in [-0.3, -0.25) is 0 Å². The molecule has 0 aliphatic carbocycles. The van der Waals surface area contributed by atoms with Crippen molar-refractivity contribution in [2.24, 2.45) is 0 Å². The lowest BCUT2D eigenvalue weighted by Crippen LogP contribution is -2.74. The van der Waals surface area contributed by atoms with E-state index in [9.17, 15) is 0 Å². The maximum absolute atomic E-state index is 5.13. The van der Waals surface area contributed by atoms with Crippen LogP contribution in [0.5, 0.6) is 0 Å². The van der Waals surface area contributed by atoms with Gasteiger partial charge in [-0.05, 0) is 192 Å². The zero-order valence-corrected chi connectivity index (χ0v) is 70.6. The molecule has 0 atom stereocenters. The predicted octanol–water partition coefficient (Wildman–Crippen LogP) is 24.1. The summed E-state index contributed by atoms with van der Waals surface area (Å²) in [5, 5.41) is 13.1. The lowest BCUT2D eigenvalue weighted by molar-refractivity contribution is 1.18. The van der Waals surface area contributed by atoms with Crippen molar-refractivity contribution >= 4 is 130 Å². The number of aromatic nitrogens is 3. The zero-order valence-electron chi connectivity index (χ0n) is 67.7. The summed E-state index contributed by atoms with van der Waals surface area (Å²) in [6.45, 7) is 4.23. The van der Waals surface area contributed by atoms with Crippen molar-refractivity contribution in [1.82, 2.24) is 13.3 Å². The van der Waals surface area contributed by atoms with Crippen LogP contribution < -0.4 is 46.4 Å². The van der Waals surface area contributed by atoms with Crippen molar-refractivity contribution in [1.29, 1.82) is 0 Å². The molecule has 20 aromatic rings. The van der Waals surface area contributed by atoms with Gasteiger partial charge in [0.15, 0.2) is 16.1 Å². The Labute approximate surface area is 725 Å². The van der Waals surface area contributed by atoms with Crippen LogP contribution in [0.3, 0.4) is 0 Å². The van der Waals surface area contributed by atoms with E-state index in [1.165, 1.54) is 75.1 Å². The molecule has 123 heavy (non-hydrogen) atoms. The molecule has 0 aliphatic heterocycles. The molecule has 0 amide bonds. The summed E-state index contributed by atoms with van der Waals surface area (Å²) < 4.78 is 12.7. The number of nitrogens with zero attached hydrogens (tertiary/aromatic N) is 4. The van der Waals surface area contributed by atoms with E-state index in [1.807, 2.05) is 12.1 Å². The van der Waals surface area contributed by atoms with E-state index in [1.54, 1.807) is 0 Å². The quantitative estimate of drug-likeness (QED) is 0.0277. The van der Waals surface area contributed by atoms with Crippen molar-refractivity contribution in [2.75, 3.05) is 4.90 Å². The molecule has 2 heterocycles. The van der Waals surface area contributed by atoms with Crippen LogP contribution in [0, 0.1) is 0 Å². The predicted molar refractivity (Wildman–Crippen MR) is 527 cm³/mol. The van der Waals surface area contributed by atoms with Crippen LogP contribution in [0.25, 0.3) is 99.8 Å². The van der Waals surface area contributed by atoms with Crippen molar-refractivity contribution in [3.05, 3.63) is 532 Å². The van der Waals surface area contributed by atoms with Crippen LogP contribution in [0.1, 0.15) is 27.8 Å². The second kappa shape index (κ2) is 34.2. The summed E-state index contributed by atoms with van der Waals surface area (Å²) in [6, 6.07) is 174. The number of allylic oxidation sites excluding steroid dienone is 4. The molecule has 4 nitrogen and oxygen atoms in total. The van der Waals surface area contributed by atoms with Gasteiger partial charge in [0.05, 0.1) is 28.4 Å². The van der Waals surface area contributed by atoms with E-state index in [-0.39, 0.29) is 0 Å². The van der Waals surface area contributed by atoms with Crippen LogP contribution in [-0.2, 0) is 0 Å². The second-order valence-electron chi connectivity index (χ2n) is 31.2. The van der Waals surface area contributed by atoms with E-state index in [0.29, 0.717) is 0 Å². The third kappa shape index (κ3) is 14.6. The molecule has 0 fully saturated rings. The maximum Gasteiger partial charge on any atom is 0.179 e. The van der Waals surface area contributed by atoms with Gasteiger partial charge >= 0.3 is 0 Å². The van der Waals surface area contributed by atoms with Crippen molar-refractivity contribution in [2.45, 2.75) is 0 Å². The Hall–Kier alpha value is -15.2. The highest BCUT2D eigenvalue weighted by atomic mass is 32.1. The van der Waals surface area contributed by atoms with Crippen molar-refractivity contribution in [3.63, 3.8) is 0 Å². The summed E-state index contributed by atoms with van der Waals surface area (Å²) in [6.07, 6.45) is 8.26. The first kappa shape index (κ1) is 76.5. The molecule has 0 unspecified atom stereocenters. The van der Waals surface area contributed by atoms with Crippen LogP contribution >= 0.6 is 11.7 Å². The Kier molecular flexibility index (Phi) is 21.3. The number of fused-ring (bicyclic) bond motifs is 4. The van der Waals surface area contributed by atoms with Gasteiger partial charge in [0.25, 0.3) is 0 Å². The Morgan fingerprint density at radius 3 is 0.976 bits per heavy atom. The standard InChI is InChI=1S/C116H84N4SSi2/c1-2-84(85-34-13-3-14-35-85)42-33-81-119(97-69-59-87(60-70-97)86-55-57-94(58-56-86)114(93-40-19-6-20-41-93)113(91-36-15-4-16-37-91)92-38-17-5-18-39-92)112-80-77-107(115-116(112)118-121-117-115)90-61-71-98(72-62-90)120-110-78-67-95(88-63-73-105(74-64-88)122(99-43-21-7-22-44-99,100-45-23-8-24-46-100)101-47-25-9-26-48-101)82-108(110)109-83-96(68-79-111(109)120)89-65-75-106(76-66-89)123(102-49-27-10-28-50-102,103-51-29-11-30-52-103)104-53-31-12-32-54-104/h2-83H,1H2/b81-33+,84-42+. The van der Waals surface area contributed by atoms with Gasteiger partial charge in [-0.25, -0.2) is 0 Å². The van der Waals surface area contributed by atoms with E-state index < -0.39 is 16.1 Å². The highest BCUT2D eigenvalue weighted by molar-refractivity contribution is 7.20. The molecule has 0 bridgehead atoms. The largest absolute Gasteiger partial charge is 0.315 e. The molecule has 18 aromatic carbocycles. The van der Waals surface area contributed by atoms with Crippen molar-refractivity contribution in [3.8, 4) is 50.2 Å². The molecule has 20 rings (SSSR count). The molecular formula is C116H84N4SSi2. The van der Waals surface area contributed by atoms with Crippen LogP contribution in [0.15, 0.2) is 504 Å². The minimum absolute atomic E-state index is 0.808. The first-order valence-electron chi connectivity index (χ1n) is 41.9. The lowest BCUT2D eigenvalue weighted by atomic mass is 9.85. The summed E-state index contributed by atoms with van der Waals surface area (Å²) in [4.78, 5) is 2.23. The lowest BCUT2D eigenvalue weighted by Gasteiger charge is -2.34. The van der Waals surface area contributed by atoms with E-state index in [0.717, 1.165) is 117 Å². The fourth-order valence-electron chi connectivity index (χ4n) is 18.5. The number of hydrogen-bond donors (Lipinski definition) is 0. The van der Waals surface area contributed by atoms with E-state index in [4.69, 9.17) is 8.75 Å². The van der Waals surface area contributed by atoms with Gasteiger partial charge < -0.3 is 9.47 Å². The Morgan fingerprint density at radius 2 is 0.593 bits per heavy atom. The summed E-state index contributed by atoms with van der Waals surface area (Å²) in [7, 11) is -5.54. The third-order valence-electron chi connectivity index (χ3n) is 24.3. The van der Waals surface area contributed by atoms with Crippen LogP contribution in [-0.4, -0.2) is 29.5 Å². The highest BCUT2D eigenvalue weighted by Gasteiger charge is 2.43. The Balaban J connectivity index is 0.670. The first-order chi connectivity index (χ1) is 61.0. The minimum Gasteiger partial charge on any atom is -0.315 e. The van der Waals surface area contributed by atoms with Gasteiger partial charge in [0.1, 0.15) is 11.0 Å². The molecule has 0 saturated heterocycles. The molecule has 7 heteroatoms. The van der Waals surface area contributed by atoms with Crippen LogP contribution in [0.2, 0.25) is 0 Å². The molecule has 582 valence electrons. The molecule has 0 aliphatic rings. The smallest absolute Gasteiger partial charge is 0.179 e. The van der Waals surface area contributed by atoms with Gasteiger partial charge in [0, 0.05) is 33.9 Å². The zero-order chi connectivity index (χ0) is 82.3. The van der Waals surface area contributed by atoms with Gasteiger partial charge in [-0.15, -0.1) is 0 Å². The minimum atomic E-state index is -2.77. The van der Waals surface area contributed by atoms with Gasteiger partial charge in [-0.2, -0.15) is 8.75 Å². The third-order valence-corrected chi connectivity index (χ3v) is 34.4. The first-order valence-corrected chi connectivity index (χ1v) is 46.7. The van der Waals surface area contributed by atoms with Gasteiger partial charge in [0.2, 0.25) is 0 Å². The fraction of sp³-hybridized carbons (Fsp3) is 0. The summed E-state index contributed by atoms with van der Waals surface area (Å²) in [5.41, 5.74) is 24.8. The summed E-state index contributed by atoms with van der Waals surface area (Å²) in [5.74, 6) is 0. The highest BCUT2D eigenvalue weighted by Crippen LogP contribution is 2.43. The Morgan fingerprint density at radius 1 is 0.285 bits per heavy atom. The number of benzene rings is 18. The monoisotopic (exact) mass is 1620 g/mol. The van der Waals surface area contributed by atoms with Crippen molar-refractivity contribution < 1.29 is 0 Å². The Bertz CT molecular complexity index is 6730. The van der Waals surface area contributed by atoms with E-state index >= 15 is 0 Å². The second-order valence-corrected chi connectivity index (χ2v) is 39.3. The average Bonchev–Trinajstić information content (AvgIpc) is 1.70. The normalized spacial score (nSPS) is 11.8. The van der Waals surface area contributed by atoms with E-state index in [2.05, 4.69) is 502 Å². The van der Waals surface area contributed by atoms with Crippen LogP contribution in [0.4, 0.5) is 11.4 Å². The SMILES string of the molecule is C=C/C(=C\C=C\N(c1ccc(-c2ccc(C(=C(c3ccccc3)c3ccccc3)c3ccccc3)cc2)cc1)c1ccc(-c2ccc(-n3c4ccc(-c5ccc([Si](c6ccccc6)(c6ccccc6)c6ccccc6)cc5)cc4c4cc(-c5ccc([Si](c6ccccc6)(c6ccccc6)c6ccccc6)cc5)ccc43)cc2)c2nsnc12)c1ccccc1.